The summed E-state index contributed by atoms with van der Waals surface area (Å²) >= 11 is 6.19. The standard InChI is InChI=1S/C19H18ClFN4/c20-15-5-3-6-16(21)14(15)10-25(12-8-9-12)11-18-23-17-7-2-1-4-13(17)19(22)24-18/h1-7,12H,8-11H2,(H2,22,23,24). The zero-order valence-corrected chi connectivity index (χ0v) is 14.4. The second kappa shape index (κ2) is 6.58. The van der Waals surface area contributed by atoms with Crippen molar-refractivity contribution in [3.05, 3.63) is 64.7 Å². The van der Waals surface area contributed by atoms with Gasteiger partial charge in [0.15, 0.2) is 0 Å². The molecule has 0 spiro atoms. The molecule has 3 aromatic rings. The number of para-hydroxylation sites is 1. The van der Waals surface area contributed by atoms with Crippen molar-refractivity contribution in [1.82, 2.24) is 14.9 Å². The first kappa shape index (κ1) is 16.2. The van der Waals surface area contributed by atoms with Crippen molar-refractivity contribution in [1.29, 1.82) is 0 Å². The number of benzene rings is 2. The summed E-state index contributed by atoms with van der Waals surface area (Å²) < 4.78 is 14.1. The highest BCUT2D eigenvalue weighted by atomic mass is 35.5. The summed E-state index contributed by atoms with van der Waals surface area (Å²) in [6, 6.07) is 12.9. The Morgan fingerprint density at radius 2 is 1.88 bits per heavy atom. The van der Waals surface area contributed by atoms with E-state index >= 15 is 0 Å². The Bertz CT molecular complexity index is 906. The molecule has 0 radical (unpaired) electrons. The predicted molar refractivity (Wildman–Crippen MR) is 97.6 cm³/mol. The van der Waals surface area contributed by atoms with Crippen molar-refractivity contribution in [2.75, 3.05) is 5.73 Å². The fourth-order valence-electron chi connectivity index (χ4n) is 3.04. The van der Waals surface area contributed by atoms with E-state index in [1.165, 1.54) is 6.07 Å². The van der Waals surface area contributed by atoms with Gasteiger partial charge >= 0.3 is 0 Å². The molecule has 25 heavy (non-hydrogen) atoms. The van der Waals surface area contributed by atoms with Crippen LogP contribution in [0.1, 0.15) is 24.2 Å². The minimum Gasteiger partial charge on any atom is -0.383 e. The molecule has 0 atom stereocenters. The van der Waals surface area contributed by atoms with Crippen LogP contribution in [0.15, 0.2) is 42.5 Å². The van der Waals surface area contributed by atoms with Crippen molar-refractivity contribution in [2.24, 2.45) is 0 Å². The first-order valence-corrected chi connectivity index (χ1v) is 8.67. The molecule has 0 saturated heterocycles. The minimum absolute atomic E-state index is 0.280. The van der Waals surface area contributed by atoms with Crippen LogP contribution in [-0.2, 0) is 13.1 Å². The van der Waals surface area contributed by atoms with E-state index in [0.717, 1.165) is 23.7 Å². The van der Waals surface area contributed by atoms with Crippen LogP contribution in [-0.4, -0.2) is 20.9 Å². The maximum atomic E-state index is 14.1. The fourth-order valence-corrected chi connectivity index (χ4v) is 3.27. The third kappa shape index (κ3) is 3.43. The molecule has 128 valence electrons. The number of nitrogens with two attached hydrogens (primary N) is 1. The van der Waals surface area contributed by atoms with Crippen LogP contribution in [0, 0.1) is 5.82 Å². The number of rotatable bonds is 5. The second-order valence-corrected chi connectivity index (χ2v) is 6.79. The average Bonchev–Trinajstić information content (AvgIpc) is 3.42. The van der Waals surface area contributed by atoms with Gasteiger partial charge in [0.25, 0.3) is 0 Å². The Kier molecular flexibility index (Phi) is 4.27. The number of aromatic nitrogens is 2. The Hall–Kier alpha value is -2.24. The van der Waals surface area contributed by atoms with Gasteiger partial charge in [-0.05, 0) is 37.1 Å². The van der Waals surface area contributed by atoms with Crippen molar-refractivity contribution < 1.29 is 4.39 Å². The van der Waals surface area contributed by atoms with E-state index in [1.807, 2.05) is 24.3 Å². The van der Waals surface area contributed by atoms with Crippen LogP contribution < -0.4 is 5.73 Å². The number of hydrogen-bond acceptors (Lipinski definition) is 4. The summed E-state index contributed by atoms with van der Waals surface area (Å²) in [5.41, 5.74) is 7.42. The van der Waals surface area contributed by atoms with E-state index in [4.69, 9.17) is 17.3 Å². The van der Waals surface area contributed by atoms with Gasteiger partial charge in [-0.3, -0.25) is 4.90 Å². The maximum absolute atomic E-state index is 14.1. The van der Waals surface area contributed by atoms with E-state index in [0.29, 0.717) is 41.4 Å². The Balaban J connectivity index is 1.63. The highest BCUT2D eigenvalue weighted by Gasteiger charge is 2.30. The van der Waals surface area contributed by atoms with E-state index in [9.17, 15) is 4.39 Å². The molecule has 1 aliphatic carbocycles. The van der Waals surface area contributed by atoms with Gasteiger partial charge < -0.3 is 5.73 Å². The molecule has 1 saturated carbocycles. The summed E-state index contributed by atoms with van der Waals surface area (Å²) in [7, 11) is 0. The number of anilines is 1. The number of hydrogen-bond donors (Lipinski definition) is 1. The van der Waals surface area contributed by atoms with Crippen molar-refractivity contribution in [2.45, 2.75) is 32.0 Å². The zero-order valence-electron chi connectivity index (χ0n) is 13.6. The highest BCUT2D eigenvalue weighted by Crippen LogP contribution is 2.32. The zero-order chi connectivity index (χ0) is 17.4. The molecule has 6 heteroatoms. The van der Waals surface area contributed by atoms with Crippen molar-refractivity contribution in [3.8, 4) is 0 Å². The monoisotopic (exact) mass is 356 g/mol. The fraction of sp³-hybridized carbons (Fsp3) is 0.263. The number of halogens is 2. The topological polar surface area (TPSA) is 55.0 Å². The molecule has 1 heterocycles. The molecule has 4 nitrogen and oxygen atoms in total. The molecule has 1 aliphatic rings. The molecule has 1 fully saturated rings. The van der Waals surface area contributed by atoms with Crippen molar-refractivity contribution >= 4 is 28.3 Å². The van der Waals surface area contributed by atoms with E-state index < -0.39 is 0 Å². The lowest BCUT2D eigenvalue weighted by atomic mass is 10.2. The van der Waals surface area contributed by atoms with Gasteiger partial charge in [0.1, 0.15) is 17.5 Å². The molecule has 2 aromatic carbocycles. The molecule has 4 rings (SSSR count). The minimum atomic E-state index is -0.280. The third-order valence-corrected chi connectivity index (χ3v) is 4.86. The summed E-state index contributed by atoms with van der Waals surface area (Å²) in [4.78, 5) is 11.2. The largest absolute Gasteiger partial charge is 0.383 e. The molecule has 0 bridgehead atoms. The van der Waals surface area contributed by atoms with E-state index in [-0.39, 0.29) is 5.82 Å². The summed E-state index contributed by atoms with van der Waals surface area (Å²) in [6.45, 7) is 0.955. The van der Waals surface area contributed by atoms with Crippen molar-refractivity contribution in [3.63, 3.8) is 0 Å². The van der Waals surface area contributed by atoms with Crippen LogP contribution >= 0.6 is 11.6 Å². The second-order valence-electron chi connectivity index (χ2n) is 6.38. The first-order valence-electron chi connectivity index (χ1n) is 8.30. The number of nitrogens with zero attached hydrogens (tertiary/aromatic N) is 3. The van der Waals surface area contributed by atoms with Gasteiger partial charge in [-0.15, -0.1) is 0 Å². The third-order valence-electron chi connectivity index (χ3n) is 4.51. The normalized spacial score (nSPS) is 14.4. The van der Waals surface area contributed by atoms with Crippen LogP contribution in [0.3, 0.4) is 0 Å². The SMILES string of the molecule is Nc1nc(CN(Cc2c(F)cccc2Cl)C2CC2)nc2ccccc12. The summed E-state index contributed by atoms with van der Waals surface area (Å²) in [5, 5.41) is 1.30. The van der Waals surface area contributed by atoms with Crippen LogP contribution in [0.25, 0.3) is 10.9 Å². The molecule has 1 aromatic heterocycles. The summed E-state index contributed by atoms with van der Waals surface area (Å²) in [5.74, 6) is 0.841. The van der Waals surface area contributed by atoms with Gasteiger partial charge in [0.05, 0.1) is 12.1 Å². The van der Waals surface area contributed by atoms with Crippen LogP contribution in [0.4, 0.5) is 10.2 Å². The Morgan fingerprint density at radius 1 is 1.08 bits per heavy atom. The quantitative estimate of drug-likeness (QED) is 0.745. The molecule has 2 N–H and O–H groups in total. The lowest BCUT2D eigenvalue weighted by Crippen LogP contribution is -2.27. The van der Waals surface area contributed by atoms with Crippen LogP contribution in [0.2, 0.25) is 5.02 Å². The average molecular weight is 357 g/mol. The Labute approximate surface area is 150 Å². The van der Waals surface area contributed by atoms with Gasteiger partial charge in [-0.25, -0.2) is 14.4 Å². The van der Waals surface area contributed by atoms with Gasteiger partial charge in [0.2, 0.25) is 0 Å². The van der Waals surface area contributed by atoms with Gasteiger partial charge in [-0.2, -0.15) is 0 Å². The van der Waals surface area contributed by atoms with Gasteiger partial charge in [-0.1, -0.05) is 29.8 Å². The van der Waals surface area contributed by atoms with Crippen LogP contribution in [0.5, 0.6) is 0 Å². The Morgan fingerprint density at radius 3 is 2.64 bits per heavy atom. The maximum Gasteiger partial charge on any atom is 0.145 e. The summed E-state index contributed by atoms with van der Waals surface area (Å²) in [6.07, 6.45) is 2.18. The molecule has 0 aliphatic heterocycles. The smallest absolute Gasteiger partial charge is 0.145 e. The lowest BCUT2D eigenvalue weighted by Gasteiger charge is -2.22. The molecular formula is C19H18ClFN4. The number of nitrogen functional groups attached to an aromatic ring is 1. The first-order chi connectivity index (χ1) is 12.1. The molecule has 0 unspecified atom stereocenters. The predicted octanol–water partition coefficient (Wildman–Crippen LogP) is 4.17. The highest BCUT2D eigenvalue weighted by molar-refractivity contribution is 6.31. The number of fused-ring (bicyclic) bond motifs is 1. The lowest BCUT2D eigenvalue weighted by molar-refractivity contribution is 0.236. The van der Waals surface area contributed by atoms with Gasteiger partial charge in [0, 0.05) is 28.6 Å². The van der Waals surface area contributed by atoms with E-state index in [1.54, 1.807) is 12.1 Å². The molecular weight excluding hydrogens is 339 g/mol. The van der Waals surface area contributed by atoms with E-state index in [2.05, 4.69) is 14.9 Å². The molecule has 0 amide bonds.